The van der Waals surface area contributed by atoms with Gasteiger partial charge in [0.25, 0.3) is 0 Å². The Bertz CT molecular complexity index is 304. The van der Waals surface area contributed by atoms with Crippen LogP contribution in [-0.4, -0.2) is 5.60 Å². The normalized spacial score (nSPS) is 11.5. The third-order valence-corrected chi connectivity index (χ3v) is 1.54. The van der Waals surface area contributed by atoms with E-state index >= 15 is 0 Å². The van der Waals surface area contributed by atoms with Crippen molar-refractivity contribution < 1.29 is 9.13 Å². The minimum atomic E-state index is -0.411. The molecule has 0 heterocycles. The van der Waals surface area contributed by atoms with Crippen LogP contribution in [0.5, 0.6) is 5.75 Å². The number of benzene rings is 1. The van der Waals surface area contributed by atoms with E-state index in [2.05, 4.69) is 0 Å². The molecular formula is C10H12ClFO. The van der Waals surface area contributed by atoms with Crippen LogP contribution in [0, 0.1) is 5.82 Å². The van der Waals surface area contributed by atoms with Gasteiger partial charge in [0.15, 0.2) is 11.6 Å². The van der Waals surface area contributed by atoms with Gasteiger partial charge in [-0.3, -0.25) is 0 Å². The summed E-state index contributed by atoms with van der Waals surface area (Å²) < 4.78 is 18.5. The van der Waals surface area contributed by atoms with Gasteiger partial charge in [-0.15, -0.1) is 0 Å². The van der Waals surface area contributed by atoms with Crippen molar-refractivity contribution in [3.8, 4) is 5.75 Å². The molecule has 0 radical (unpaired) electrons. The van der Waals surface area contributed by atoms with Crippen LogP contribution in [0.3, 0.4) is 0 Å². The molecule has 0 aliphatic heterocycles. The van der Waals surface area contributed by atoms with Gasteiger partial charge in [-0.05, 0) is 32.9 Å². The van der Waals surface area contributed by atoms with Gasteiger partial charge in [0, 0.05) is 11.1 Å². The Morgan fingerprint density at radius 1 is 1.31 bits per heavy atom. The monoisotopic (exact) mass is 202 g/mol. The van der Waals surface area contributed by atoms with Crippen LogP contribution in [0.4, 0.5) is 4.39 Å². The van der Waals surface area contributed by atoms with Crippen LogP contribution < -0.4 is 4.74 Å². The molecular weight excluding hydrogens is 191 g/mol. The first-order valence-corrected chi connectivity index (χ1v) is 4.40. The smallest absolute Gasteiger partial charge is 0.165 e. The van der Waals surface area contributed by atoms with Crippen molar-refractivity contribution in [1.29, 1.82) is 0 Å². The Morgan fingerprint density at radius 3 is 2.46 bits per heavy atom. The van der Waals surface area contributed by atoms with Crippen LogP contribution in [-0.2, 0) is 0 Å². The van der Waals surface area contributed by atoms with Crippen molar-refractivity contribution in [3.05, 3.63) is 29.0 Å². The quantitative estimate of drug-likeness (QED) is 0.676. The van der Waals surface area contributed by atoms with Crippen LogP contribution in [0.2, 0.25) is 5.02 Å². The Labute approximate surface area is 82.5 Å². The van der Waals surface area contributed by atoms with Crippen LogP contribution in [0.15, 0.2) is 18.2 Å². The summed E-state index contributed by atoms with van der Waals surface area (Å²) in [6.45, 7) is 5.56. The van der Waals surface area contributed by atoms with E-state index < -0.39 is 5.60 Å². The zero-order valence-electron chi connectivity index (χ0n) is 7.90. The molecule has 0 unspecified atom stereocenters. The fraction of sp³-hybridized carbons (Fsp3) is 0.400. The minimum absolute atomic E-state index is 0.194. The maximum absolute atomic E-state index is 13.1. The highest BCUT2D eigenvalue weighted by Gasteiger charge is 2.14. The third-order valence-electron chi connectivity index (χ3n) is 1.31. The summed E-state index contributed by atoms with van der Waals surface area (Å²) in [5.74, 6) is -0.195. The van der Waals surface area contributed by atoms with Gasteiger partial charge in [-0.2, -0.15) is 0 Å². The molecule has 0 spiro atoms. The highest BCUT2D eigenvalue weighted by atomic mass is 35.5. The molecule has 1 nitrogen and oxygen atoms in total. The number of hydrogen-bond donors (Lipinski definition) is 0. The molecule has 0 aliphatic rings. The molecule has 0 aliphatic carbocycles. The van der Waals surface area contributed by atoms with E-state index in [1.165, 1.54) is 18.2 Å². The summed E-state index contributed by atoms with van der Waals surface area (Å²) in [5.41, 5.74) is -0.411. The molecule has 0 atom stereocenters. The van der Waals surface area contributed by atoms with Crippen LogP contribution >= 0.6 is 11.6 Å². The van der Waals surface area contributed by atoms with Gasteiger partial charge >= 0.3 is 0 Å². The van der Waals surface area contributed by atoms with Crippen LogP contribution in [0.25, 0.3) is 0 Å². The van der Waals surface area contributed by atoms with E-state index in [1.54, 1.807) is 0 Å². The zero-order chi connectivity index (χ0) is 10.1. The van der Waals surface area contributed by atoms with Crippen molar-refractivity contribution in [3.63, 3.8) is 0 Å². The summed E-state index contributed by atoms with van der Waals surface area (Å²) in [5, 5.41) is 0.473. The van der Waals surface area contributed by atoms with Crippen molar-refractivity contribution >= 4 is 11.6 Å². The first-order chi connectivity index (χ1) is 5.88. The van der Waals surface area contributed by atoms with Gasteiger partial charge in [0.05, 0.1) is 0 Å². The zero-order valence-corrected chi connectivity index (χ0v) is 8.65. The number of rotatable bonds is 1. The van der Waals surface area contributed by atoms with Crippen LogP contribution in [0.1, 0.15) is 20.8 Å². The summed E-state index contributed by atoms with van der Waals surface area (Å²) in [4.78, 5) is 0. The van der Waals surface area contributed by atoms with Crippen molar-refractivity contribution in [2.75, 3.05) is 0 Å². The second kappa shape index (κ2) is 3.54. The summed E-state index contributed by atoms with van der Waals surface area (Å²) in [6, 6.07) is 4.26. The molecule has 3 heteroatoms. The molecule has 1 aromatic carbocycles. The molecule has 0 fully saturated rings. The second-order valence-corrected chi connectivity index (χ2v) is 4.23. The Balaban J connectivity index is 2.94. The maximum atomic E-state index is 13.1. The molecule has 1 rings (SSSR count). The van der Waals surface area contributed by atoms with Gasteiger partial charge in [-0.1, -0.05) is 11.6 Å². The number of halogens is 2. The molecule has 0 amide bonds. The van der Waals surface area contributed by atoms with Gasteiger partial charge in [0.2, 0.25) is 0 Å². The highest BCUT2D eigenvalue weighted by Crippen LogP contribution is 2.25. The number of hydrogen-bond acceptors (Lipinski definition) is 1. The van der Waals surface area contributed by atoms with Crippen molar-refractivity contribution in [2.45, 2.75) is 26.4 Å². The van der Waals surface area contributed by atoms with Gasteiger partial charge in [-0.25, -0.2) is 4.39 Å². The predicted octanol–water partition coefficient (Wildman–Crippen LogP) is 3.66. The van der Waals surface area contributed by atoms with E-state index in [0.29, 0.717) is 5.02 Å². The lowest BCUT2D eigenvalue weighted by Crippen LogP contribution is -2.23. The number of ether oxygens (including phenoxy) is 1. The van der Waals surface area contributed by atoms with E-state index in [1.807, 2.05) is 20.8 Å². The molecule has 1 aromatic rings. The summed E-state index contributed by atoms with van der Waals surface area (Å²) in [7, 11) is 0. The highest BCUT2D eigenvalue weighted by molar-refractivity contribution is 6.30. The van der Waals surface area contributed by atoms with Gasteiger partial charge in [0.1, 0.15) is 5.60 Å². The molecule has 0 saturated heterocycles. The fourth-order valence-corrected chi connectivity index (χ4v) is 1.05. The lowest BCUT2D eigenvalue weighted by molar-refractivity contribution is 0.124. The first kappa shape index (κ1) is 10.3. The topological polar surface area (TPSA) is 9.23 Å². The Kier molecular flexibility index (Phi) is 2.81. The average molecular weight is 203 g/mol. The largest absolute Gasteiger partial charge is 0.485 e. The summed E-state index contributed by atoms with van der Waals surface area (Å²) in [6.07, 6.45) is 0. The molecule has 13 heavy (non-hydrogen) atoms. The molecule has 72 valence electrons. The summed E-state index contributed by atoms with van der Waals surface area (Å²) >= 11 is 5.70. The predicted molar refractivity (Wildman–Crippen MR) is 51.8 cm³/mol. The SMILES string of the molecule is CC(C)(C)Oc1cc(Cl)ccc1F. The van der Waals surface area contributed by atoms with E-state index in [0.717, 1.165) is 0 Å². The maximum Gasteiger partial charge on any atom is 0.165 e. The molecule has 0 bridgehead atoms. The van der Waals surface area contributed by atoms with Gasteiger partial charge < -0.3 is 4.74 Å². The van der Waals surface area contributed by atoms with Crippen molar-refractivity contribution in [1.82, 2.24) is 0 Å². The third kappa shape index (κ3) is 3.23. The standard InChI is InChI=1S/C10H12ClFO/c1-10(2,3)13-9-6-7(11)4-5-8(9)12/h4-6H,1-3H3. The minimum Gasteiger partial charge on any atom is -0.485 e. The lowest BCUT2D eigenvalue weighted by atomic mass is 10.2. The molecule has 0 N–H and O–H groups in total. The lowest BCUT2D eigenvalue weighted by Gasteiger charge is -2.21. The van der Waals surface area contributed by atoms with E-state index in [4.69, 9.17) is 16.3 Å². The average Bonchev–Trinajstić information content (AvgIpc) is 1.94. The van der Waals surface area contributed by atoms with E-state index in [9.17, 15) is 4.39 Å². The second-order valence-electron chi connectivity index (χ2n) is 3.79. The first-order valence-electron chi connectivity index (χ1n) is 4.02. The van der Waals surface area contributed by atoms with E-state index in [-0.39, 0.29) is 11.6 Å². The van der Waals surface area contributed by atoms with Crippen molar-refractivity contribution in [2.24, 2.45) is 0 Å². The fourth-order valence-electron chi connectivity index (χ4n) is 0.885. The Morgan fingerprint density at radius 2 is 1.92 bits per heavy atom. The molecule has 0 aromatic heterocycles. The molecule has 0 saturated carbocycles. The Hall–Kier alpha value is -0.760.